The van der Waals surface area contributed by atoms with Crippen molar-refractivity contribution in [2.75, 3.05) is 4.90 Å². The summed E-state index contributed by atoms with van der Waals surface area (Å²) in [6.45, 7) is 4.62. The molecule has 0 aromatic heterocycles. The van der Waals surface area contributed by atoms with E-state index in [1.165, 1.54) is 82.9 Å². The van der Waals surface area contributed by atoms with Gasteiger partial charge in [0.1, 0.15) is 0 Å². The Kier molecular flexibility index (Phi) is 7.60. The lowest BCUT2D eigenvalue weighted by molar-refractivity contribution is 0.661. The number of nitrogens with zero attached hydrogens (tertiary/aromatic N) is 1. The van der Waals surface area contributed by atoms with Gasteiger partial charge in [0.15, 0.2) is 0 Å². The molecule has 8 aromatic carbocycles. The minimum absolute atomic E-state index is 0.153. The Hall–Kier alpha value is -6.62. The van der Waals surface area contributed by atoms with E-state index in [0.717, 1.165) is 24.2 Å². The van der Waals surface area contributed by atoms with Gasteiger partial charge >= 0.3 is 0 Å². The molecule has 10 rings (SSSR count). The van der Waals surface area contributed by atoms with Gasteiger partial charge in [-0.05, 0) is 97.8 Å². The predicted octanol–water partition coefficient (Wildman–Crippen LogP) is 14.2. The van der Waals surface area contributed by atoms with E-state index in [-0.39, 0.29) is 5.41 Å². The summed E-state index contributed by atoms with van der Waals surface area (Å²) in [6.07, 6.45) is 4.31. The minimum atomic E-state index is -0.153. The third-order valence-electron chi connectivity index (χ3n) is 11.6. The standard InChI is InChI=1S/C53H39N/c1-53(2)49-29-17-16-26-43(49)48-35-40(31-33-50(48)53)54(39-22-10-5-11-23-39)52-46-28-15-13-25-42(46)41-24-12-14-27-44(41)51(52)45-32-30-38(36-18-6-3-7-19-36)34-47(45)37-20-8-4-9-21-37/h3-29,34-35H,30,32H2,1-2H3. The second kappa shape index (κ2) is 12.8. The van der Waals surface area contributed by atoms with Crippen LogP contribution in [0, 0.1) is 12.1 Å². The molecule has 0 fully saturated rings. The molecular weight excluding hydrogens is 651 g/mol. The van der Waals surface area contributed by atoms with Crippen molar-refractivity contribution in [2.24, 2.45) is 0 Å². The van der Waals surface area contributed by atoms with Crippen molar-refractivity contribution < 1.29 is 0 Å². The summed E-state index contributed by atoms with van der Waals surface area (Å²) in [5, 5.41) is 4.96. The Morgan fingerprint density at radius 3 is 1.81 bits per heavy atom. The van der Waals surface area contributed by atoms with Gasteiger partial charge in [0.05, 0.1) is 11.4 Å². The van der Waals surface area contributed by atoms with Crippen molar-refractivity contribution in [1.82, 2.24) is 0 Å². The number of allylic oxidation sites excluding steroid dienone is 4. The van der Waals surface area contributed by atoms with Gasteiger partial charge in [0.2, 0.25) is 0 Å². The van der Waals surface area contributed by atoms with Crippen molar-refractivity contribution in [3.63, 3.8) is 0 Å². The van der Waals surface area contributed by atoms with E-state index in [4.69, 9.17) is 0 Å². The van der Waals surface area contributed by atoms with Crippen LogP contribution in [0.15, 0.2) is 176 Å². The first-order valence-corrected chi connectivity index (χ1v) is 19.0. The molecule has 0 saturated carbocycles. The number of fused-ring (bicyclic) bond motifs is 6. The lowest BCUT2D eigenvalue weighted by Crippen LogP contribution is -2.15. The molecule has 0 radical (unpaired) electrons. The summed E-state index contributed by atoms with van der Waals surface area (Å²) in [4.78, 5) is 2.46. The Labute approximate surface area is 318 Å². The fourth-order valence-electron chi connectivity index (χ4n) is 9.03. The molecule has 0 N–H and O–H groups in total. The molecule has 0 aliphatic heterocycles. The molecule has 0 saturated heterocycles. The van der Waals surface area contributed by atoms with Crippen LogP contribution in [0.5, 0.6) is 0 Å². The fourth-order valence-corrected chi connectivity index (χ4v) is 9.03. The van der Waals surface area contributed by atoms with Gasteiger partial charge in [-0.25, -0.2) is 0 Å². The normalized spacial score (nSPS) is 14.4. The molecule has 0 bridgehead atoms. The van der Waals surface area contributed by atoms with E-state index in [0.29, 0.717) is 0 Å². The monoisotopic (exact) mass is 689 g/mol. The molecule has 1 heteroatoms. The topological polar surface area (TPSA) is 3.24 Å². The van der Waals surface area contributed by atoms with Crippen molar-refractivity contribution in [3.05, 3.63) is 216 Å². The van der Waals surface area contributed by atoms with Gasteiger partial charge in [-0.3, -0.25) is 0 Å². The van der Waals surface area contributed by atoms with Gasteiger partial charge in [0.25, 0.3) is 0 Å². The lowest BCUT2D eigenvalue weighted by Gasteiger charge is -2.32. The Bertz CT molecular complexity index is 2770. The van der Waals surface area contributed by atoms with Crippen LogP contribution in [0.1, 0.15) is 54.5 Å². The zero-order chi connectivity index (χ0) is 36.2. The van der Waals surface area contributed by atoms with Crippen LogP contribution in [-0.4, -0.2) is 0 Å². The SMILES string of the molecule is CC1(C)c2c#cc(N(c3ccccc3)c3c(C4=C(c5ccccc5)C=C(c5ccccc5)CC4)c4ccccc4c4ccccc34)cc2-c2ccccc21. The Morgan fingerprint density at radius 1 is 0.519 bits per heavy atom. The minimum Gasteiger partial charge on any atom is -0.302 e. The van der Waals surface area contributed by atoms with E-state index in [9.17, 15) is 0 Å². The van der Waals surface area contributed by atoms with E-state index < -0.39 is 0 Å². The molecule has 1 nitrogen and oxygen atoms in total. The summed E-state index contributed by atoms with van der Waals surface area (Å²) < 4.78 is 0. The van der Waals surface area contributed by atoms with Crippen LogP contribution in [0.2, 0.25) is 0 Å². The average Bonchev–Trinajstić information content (AvgIpc) is 3.47. The molecule has 2 aliphatic rings. The highest BCUT2D eigenvalue weighted by molar-refractivity contribution is 6.22. The second-order valence-corrected chi connectivity index (χ2v) is 15.0. The summed E-state index contributed by atoms with van der Waals surface area (Å²) in [5.41, 5.74) is 15.9. The first kappa shape index (κ1) is 32.1. The van der Waals surface area contributed by atoms with Crippen molar-refractivity contribution in [1.29, 1.82) is 0 Å². The summed E-state index contributed by atoms with van der Waals surface area (Å²) in [6, 6.07) is 69.3. The quantitative estimate of drug-likeness (QED) is 0.157. The molecule has 256 valence electrons. The van der Waals surface area contributed by atoms with Crippen LogP contribution in [-0.2, 0) is 5.41 Å². The fraction of sp³-hybridized carbons (Fsp3) is 0.0943. The summed E-state index contributed by atoms with van der Waals surface area (Å²) in [7, 11) is 0. The highest BCUT2D eigenvalue weighted by Gasteiger charge is 2.36. The first-order chi connectivity index (χ1) is 26.6. The highest BCUT2D eigenvalue weighted by atomic mass is 15.1. The first-order valence-electron chi connectivity index (χ1n) is 19.0. The third kappa shape index (κ3) is 5.10. The number of hydrogen-bond acceptors (Lipinski definition) is 1. The molecule has 54 heavy (non-hydrogen) atoms. The summed E-state index contributed by atoms with van der Waals surface area (Å²) >= 11 is 0. The van der Waals surface area contributed by atoms with Crippen LogP contribution < -0.4 is 4.90 Å². The van der Waals surface area contributed by atoms with Gasteiger partial charge in [-0.15, -0.1) is 0 Å². The molecule has 0 amide bonds. The molecule has 0 spiro atoms. The van der Waals surface area contributed by atoms with Crippen LogP contribution in [0.4, 0.5) is 17.1 Å². The number of hydrogen-bond donors (Lipinski definition) is 0. The molecule has 2 aliphatic carbocycles. The molecule has 8 aromatic rings. The molecule has 0 atom stereocenters. The summed E-state index contributed by atoms with van der Waals surface area (Å²) in [5.74, 6) is 0. The van der Waals surface area contributed by atoms with Gasteiger partial charge in [0, 0.05) is 27.6 Å². The zero-order valence-corrected chi connectivity index (χ0v) is 30.6. The van der Waals surface area contributed by atoms with E-state index in [1.54, 1.807) is 0 Å². The number of para-hydroxylation sites is 1. The maximum absolute atomic E-state index is 3.74. The van der Waals surface area contributed by atoms with E-state index >= 15 is 0 Å². The maximum Gasteiger partial charge on any atom is 0.0980 e. The van der Waals surface area contributed by atoms with E-state index in [1.807, 2.05) is 0 Å². The van der Waals surface area contributed by atoms with Crippen LogP contribution in [0.25, 0.3) is 49.4 Å². The van der Waals surface area contributed by atoms with Gasteiger partial charge < -0.3 is 4.90 Å². The highest BCUT2D eigenvalue weighted by Crippen LogP contribution is 2.53. The molecule has 0 heterocycles. The number of rotatable bonds is 6. The second-order valence-electron chi connectivity index (χ2n) is 15.0. The van der Waals surface area contributed by atoms with Crippen LogP contribution >= 0.6 is 0 Å². The zero-order valence-electron chi connectivity index (χ0n) is 30.6. The van der Waals surface area contributed by atoms with Crippen LogP contribution in [0.3, 0.4) is 0 Å². The smallest absolute Gasteiger partial charge is 0.0980 e. The van der Waals surface area contributed by atoms with Gasteiger partial charge in [-0.2, -0.15) is 0 Å². The van der Waals surface area contributed by atoms with E-state index in [2.05, 4.69) is 207 Å². The number of benzene rings is 7. The Morgan fingerprint density at radius 2 is 1.09 bits per heavy atom. The van der Waals surface area contributed by atoms with Crippen molar-refractivity contribution >= 4 is 55.3 Å². The molecule has 0 unspecified atom stereocenters. The predicted molar refractivity (Wildman–Crippen MR) is 228 cm³/mol. The van der Waals surface area contributed by atoms with Gasteiger partial charge in [-0.1, -0.05) is 178 Å². The number of anilines is 3. The average molecular weight is 690 g/mol. The molecular formula is C53H39N. The lowest BCUT2D eigenvalue weighted by atomic mass is 9.79. The largest absolute Gasteiger partial charge is 0.302 e. The third-order valence-corrected chi connectivity index (χ3v) is 11.6. The maximum atomic E-state index is 3.74. The Balaban J connectivity index is 1.33. The van der Waals surface area contributed by atoms with Crippen molar-refractivity contribution in [2.45, 2.75) is 32.1 Å². The van der Waals surface area contributed by atoms with Crippen molar-refractivity contribution in [3.8, 4) is 11.1 Å².